The average Bonchev–Trinajstić information content (AvgIpc) is 3.37. The van der Waals surface area contributed by atoms with Crippen molar-refractivity contribution in [3.05, 3.63) is 77.4 Å². The van der Waals surface area contributed by atoms with Gasteiger partial charge < -0.3 is 14.5 Å². The first kappa shape index (κ1) is 37.4. The number of aliphatic hydroxyl groups is 1. The Morgan fingerprint density at radius 3 is 2.02 bits per heavy atom. The molecular weight excluding hydrogens is 723 g/mol. The van der Waals surface area contributed by atoms with E-state index in [9.17, 15) is 9.90 Å². The summed E-state index contributed by atoms with van der Waals surface area (Å²) in [7, 11) is 0. The first-order chi connectivity index (χ1) is 20.1. The zero-order valence-electron chi connectivity index (χ0n) is 28.7. The van der Waals surface area contributed by atoms with Crippen LogP contribution in [0, 0.1) is 36.2 Å². The van der Waals surface area contributed by atoms with Crippen molar-refractivity contribution in [3.8, 4) is 11.3 Å². The Morgan fingerprint density at radius 1 is 0.886 bits per heavy atom. The third kappa shape index (κ3) is 8.49. The Morgan fingerprint density at radius 2 is 1.48 bits per heavy atom. The van der Waals surface area contributed by atoms with Gasteiger partial charge in [0.15, 0.2) is 5.78 Å². The number of benzene rings is 2. The standard InChI is InChI=1S/C24H24NO.C15H28O2.Ir/c1-15-10-16(2)12-17(11-15)22-20-7-6-19-18(13-24(3,4)5)14-26-23(19)21(20)8-9-25-22;1-7-14(5,8-2)12(16)11-13(17)15(6,9-3)10-4;/h6-11,14H,13H2,1-5H3;11,16H,7-10H2,1-6H3;/q-1;;/b;12-11-;. The summed E-state index contributed by atoms with van der Waals surface area (Å²) < 4.78 is 6.01. The number of aryl methyl sites for hydroxylation is 2. The smallest absolute Gasteiger partial charge is 0.164 e. The number of allylic oxidation sites excluding steroid dienone is 2. The molecule has 0 aliphatic rings. The molecule has 4 aromatic rings. The molecule has 0 saturated carbocycles. The number of rotatable bonds is 9. The predicted molar refractivity (Wildman–Crippen MR) is 182 cm³/mol. The minimum atomic E-state index is -0.337. The van der Waals surface area contributed by atoms with E-state index in [0.717, 1.165) is 65.3 Å². The quantitative estimate of drug-likeness (QED) is 0.104. The van der Waals surface area contributed by atoms with Gasteiger partial charge in [-0.25, -0.2) is 0 Å². The molecule has 0 spiro atoms. The molecule has 5 heteroatoms. The van der Waals surface area contributed by atoms with E-state index in [1.807, 2.05) is 60.1 Å². The van der Waals surface area contributed by atoms with Crippen LogP contribution in [0.15, 0.2) is 59.0 Å². The molecule has 0 aliphatic carbocycles. The number of furan rings is 1. The monoisotopic (exact) mass is 775 g/mol. The van der Waals surface area contributed by atoms with Gasteiger partial charge in [-0.15, -0.1) is 34.9 Å². The fraction of sp³-hybridized carbons (Fsp3) is 0.487. The Labute approximate surface area is 279 Å². The molecule has 0 aliphatic heterocycles. The second-order valence-corrected chi connectivity index (χ2v) is 13.9. The minimum Gasteiger partial charge on any atom is -0.512 e. The van der Waals surface area contributed by atoms with Crippen LogP contribution in [0.1, 0.15) is 105 Å². The third-order valence-electron chi connectivity index (χ3n) is 9.29. The van der Waals surface area contributed by atoms with E-state index < -0.39 is 0 Å². The normalized spacial score (nSPS) is 12.6. The second kappa shape index (κ2) is 15.0. The molecule has 241 valence electrons. The number of carbonyl (C=O) groups is 1. The Kier molecular flexibility index (Phi) is 12.8. The van der Waals surface area contributed by atoms with Gasteiger partial charge >= 0.3 is 0 Å². The van der Waals surface area contributed by atoms with Gasteiger partial charge in [-0.2, -0.15) is 0 Å². The molecule has 4 nitrogen and oxygen atoms in total. The summed E-state index contributed by atoms with van der Waals surface area (Å²) in [5.41, 5.74) is 6.20. The zero-order chi connectivity index (χ0) is 32.2. The second-order valence-electron chi connectivity index (χ2n) is 13.9. The van der Waals surface area contributed by atoms with E-state index in [1.54, 1.807) is 0 Å². The van der Waals surface area contributed by atoms with Crippen LogP contribution in [-0.2, 0) is 31.3 Å². The van der Waals surface area contributed by atoms with Gasteiger partial charge in [-0.3, -0.25) is 4.79 Å². The Balaban J connectivity index is 0.000000331. The molecule has 0 amide bonds. The van der Waals surface area contributed by atoms with Crippen molar-refractivity contribution < 1.29 is 34.4 Å². The number of aliphatic hydroxyl groups excluding tert-OH is 1. The molecule has 0 bridgehead atoms. The van der Waals surface area contributed by atoms with Crippen LogP contribution < -0.4 is 0 Å². The van der Waals surface area contributed by atoms with E-state index in [0.29, 0.717) is 0 Å². The van der Waals surface area contributed by atoms with Crippen molar-refractivity contribution in [3.63, 3.8) is 0 Å². The predicted octanol–water partition coefficient (Wildman–Crippen LogP) is 11.3. The SMILES string of the molecule is CCC(C)(CC)C(=O)/C=C(\O)C(C)(CC)CC.Cc1[c-]c(-c2nccc3c2ccc2c(CC(C)(C)C)coc23)cc(C)c1.[Ir]. The van der Waals surface area contributed by atoms with Crippen LogP contribution in [0.2, 0.25) is 0 Å². The largest absolute Gasteiger partial charge is 0.512 e. The van der Waals surface area contributed by atoms with Crippen LogP contribution in [0.25, 0.3) is 33.0 Å². The van der Waals surface area contributed by atoms with Gasteiger partial charge in [0.1, 0.15) is 11.3 Å². The van der Waals surface area contributed by atoms with Crippen molar-refractivity contribution in [2.75, 3.05) is 0 Å². The molecule has 2 aromatic carbocycles. The van der Waals surface area contributed by atoms with Crippen molar-refractivity contribution in [1.29, 1.82) is 0 Å². The number of hydrogen-bond donors (Lipinski definition) is 1. The molecule has 1 N–H and O–H groups in total. The Bertz CT molecular complexity index is 1580. The molecule has 0 unspecified atom stereocenters. The molecule has 44 heavy (non-hydrogen) atoms. The first-order valence-corrected chi connectivity index (χ1v) is 15.9. The molecule has 0 saturated heterocycles. The molecule has 0 atom stereocenters. The summed E-state index contributed by atoms with van der Waals surface area (Å²) in [6, 6.07) is 14.1. The number of ketones is 1. The first-order valence-electron chi connectivity index (χ1n) is 15.9. The number of carbonyl (C=O) groups excluding carboxylic acids is 1. The van der Waals surface area contributed by atoms with Gasteiger partial charge in [0, 0.05) is 54.0 Å². The van der Waals surface area contributed by atoms with Gasteiger partial charge in [-0.1, -0.05) is 88.3 Å². The van der Waals surface area contributed by atoms with E-state index in [1.165, 1.54) is 22.6 Å². The maximum Gasteiger partial charge on any atom is 0.164 e. The van der Waals surface area contributed by atoms with E-state index in [4.69, 9.17) is 4.42 Å². The number of hydrogen-bond acceptors (Lipinski definition) is 4. The molecular formula is C39H52IrNO3-. The summed E-state index contributed by atoms with van der Waals surface area (Å²) in [5.74, 6) is 0.286. The van der Waals surface area contributed by atoms with Crippen molar-refractivity contribution in [1.82, 2.24) is 4.98 Å². The van der Waals surface area contributed by atoms with Crippen LogP contribution in [0.4, 0.5) is 0 Å². The van der Waals surface area contributed by atoms with Crippen molar-refractivity contribution in [2.24, 2.45) is 16.2 Å². The van der Waals surface area contributed by atoms with Crippen molar-refractivity contribution in [2.45, 2.75) is 108 Å². The molecule has 2 heterocycles. The number of fused-ring (bicyclic) bond motifs is 3. The maximum absolute atomic E-state index is 12.2. The summed E-state index contributed by atoms with van der Waals surface area (Å²) >= 11 is 0. The van der Waals surface area contributed by atoms with Gasteiger partial charge in [0.05, 0.1) is 6.26 Å². The number of pyridine rings is 1. The van der Waals surface area contributed by atoms with E-state index in [-0.39, 0.29) is 47.9 Å². The van der Waals surface area contributed by atoms with E-state index >= 15 is 0 Å². The number of aromatic nitrogens is 1. The fourth-order valence-corrected chi connectivity index (χ4v) is 5.43. The van der Waals surface area contributed by atoms with E-state index in [2.05, 4.69) is 69.9 Å². The van der Waals surface area contributed by atoms with Gasteiger partial charge in [0.25, 0.3) is 0 Å². The molecule has 1 radical (unpaired) electrons. The van der Waals surface area contributed by atoms with Gasteiger partial charge in [0.2, 0.25) is 0 Å². The maximum atomic E-state index is 12.2. The average molecular weight is 775 g/mol. The summed E-state index contributed by atoms with van der Waals surface area (Å²) in [5, 5.41) is 13.6. The third-order valence-corrected chi connectivity index (χ3v) is 9.29. The molecule has 2 aromatic heterocycles. The number of nitrogens with zero attached hydrogens (tertiary/aromatic N) is 1. The summed E-state index contributed by atoms with van der Waals surface area (Å²) in [4.78, 5) is 16.8. The van der Waals surface area contributed by atoms with Gasteiger partial charge in [-0.05, 0) is 60.2 Å². The summed E-state index contributed by atoms with van der Waals surface area (Å²) in [6.07, 6.45) is 9.53. The zero-order valence-corrected chi connectivity index (χ0v) is 31.1. The van der Waals surface area contributed by atoms with Crippen LogP contribution in [-0.4, -0.2) is 15.9 Å². The topological polar surface area (TPSA) is 63.3 Å². The summed E-state index contributed by atoms with van der Waals surface area (Å²) in [6.45, 7) is 23.0. The van der Waals surface area contributed by atoms with Crippen LogP contribution in [0.5, 0.6) is 0 Å². The fourth-order valence-electron chi connectivity index (χ4n) is 5.43. The minimum absolute atomic E-state index is 0. The Hall–Kier alpha value is -2.75. The van der Waals surface area contributed by atoms with Crippen LogP contribution in [0.3, 0.4) is 0 Å². The van der Waals surface area contributed by atoms with Crippen LogP contribution >= 0.6 is 0 Å². The van der Waals surface area contributed by atoms with Crippen molar-refractivity contribution >= 4 is 27.5 Å². The molecule has 4 rings (SSSR count). The molecule has 0 fully saturated rings.